The molecule has 118 valence electrons. The maximum atomic E-state index is 12.7. The van der Waals surface area contributed by atoms with Crippen molar-refractivity contribution in [2.75, 3.05) is 26.7 Å². The van der Waals surface area contributed by atoms with Gasteiger partial charge in [-0.25, -0.2) is 9.59 Å². The monoisotopic (exact) mass is 297 g/mol. The molecule has 2 fully saturated rings. The van der Waals surface area contributed by atoms with Crippen molar-refractivity contribution in [1.29, 1.82) is 0 Å². The number of carbonyl (C=O) groups is 3. The number of hydrogen-bond acceptors (Lipinski definition) is 4. The van der Waals surface area contributed by atoms with Crippen molar-refractivity contribution in [1.82, 2.24) is 9.80 Å². The number of amides is 3. The van der Waals surface area contributed by atoms with Crippen LogP contribution >= 0.6 is 0 Å². The summed E-state index contributed by atoms with van der Waals surface area (Å²) in [5.74, 6) is -0.682. The number of hydrogen-bond donors (Lipinski definition) is 1. The summed E-state index contributed by atoms with van der Waals surface area (Å²) in [5, 5.41) is 0. The Bertz CT molecular complexity index is 426. The van der Waals surface area contributed by atoms with Gasteiger partial charge in [0.1, 0.15) is 6.04 Å². The molecule has 2 N–H and O–H groups in total. The molecule has 2 unspecified atom stereocenters. The highest BCUT2D eigenvalue weighted by atomic mass is 16.5. The van der Waals surface area contributed by atoms with Gasteiger partial charge >= 0.3 is 12.0 Å². The van der Waals surface area contributed by atoms with Gasteiger partial charge in [0.15, 0.2) is 0 Å². The lowest BCUT2D eigenvalue weighted by molar-refractivity contribution is -0.156. The average molecular weight is 297 g/mol. The van der Waals surface area contributed by atoms with Gasteiger partial charge in [0, 0.05) is 19.6 Å². The van der Waals surface area contributed by atoms with E-state index in [-0.39, 0.29) is 17.8 Å². The van der Waals surface area contributed by atoms with Crippen molar-refractivity contribution < 1.29 is 19.1 Å². The number of rotatable bonds is 2. The van der Waals surface area contributed by atoms with Crippen LogP contribution in [0.3, 0.4) is 0 Å². The third-order valence-corrected chi connectivity index (χ3v) is 4.34. The highest BCUT2D eigenvalue weighted by molar-refractivity contribution is 5.86. The summed E-state index contributed by atoms with van der Waals surface area (Å²) < 4.78 is 4.80. The topological polar surface area (TPSA) is 92.9 Å². The molecule has 2 rings (SSSR count). The smallest absolute Gasteiger partial charge is 0.328 e. The molecular formula is C14H23N3O4. The van der Waals surface area contributed by atoms with Crippen LogP contribution in [0.15, 0.2) is 0 Å². The zero-order chi connectivity index (χ0) is 15.4. The van der Waals surface area contributed by atoms with Crippen molar-refractivity contribution >= 4 is 17.9 Å². The van der Waals surface area contributed by atoms with E-state index >= 15 is 0 Å². The fourth-order valence-electron chi connectivity index (χ4n) is 3.19. The Hall–Kier alpha value is -1.79. The first-order chi connectivity index (χ1) is 10.0. The summed E-state index contributed by atoms with van der Waals surface area (Å²) >= 11 is 0. The van der Waals surface area contributed by atoms with Gasteiger partial charge in [-0.1, -0.05) is 0 Å². The van der Waals surface area contributed by atoms with Gasteiger partial charge < -0.3 is 20.3 Å². The summed E-state index contributed by atoms with van der Waals surface area (Å²) in [7, 11) is 1.34. The molecule has 2 heterocycles. The van der Waals surface area contributed by atoms with Gasteiger partial charge in [-0.15, -0.1) is 0 Å². The van der Waals surface area contributed by atoms with E-state index in [4.69, 9.17) is 10.5 Å². The Labute approximate surface area is 124 Å². The predicted molar refractivity (Wildman–Crippen MR) is 75.2 cm³/mol. The molecule has 0 bridgehead atoms. The molecule has 2 aliphatic heterocycles. The molecule has 3 amide bonds. The van der Waals surface area contributed by atoms with Crippen LogP contribution in [0.2, 0.25) is 0 Å². The number of methoxy groups -OCH3 is 1. The fourth-order valence-corrected chi connectivity index (χ4v) is 3.19. The first kappa shape index (κ1) is 15.6. The highest BCUT2D eigenvalue weighted by Crippen LogP contribution is 2.24. The minimum atomic E-state index is -0.490. The Morgan fingerprint density at radius 1 is 1.10 bits per heavy atom. The molecule has 0 aromatic heterocycles. The second-order valence-corrected chi connectivity index (χ2v) is 5.69. The van der Waals surface area contributed by atoms with Gasteiger partial charge in [0.05, 0.1) is 13.0 Å². The van der Waals surface area contributed by atoms with E-state index < -0.39 is 12.1 Å². The van der Waals surface area contributed by atoms with Crippen molar-refractivity contribution in [3.8, 4) is 0 Å². The van der Waals surface area contributed by atoms with Gasteiger partial charge in [-0.05, 0) is 32.1 Å². The lowest BCUT2D eigenvalue weighted by Crippen LogP contribution is -2.54. The predicted octanol–water partition coefficient (Wildman–Crippen LogP) is 0.331. The van der Waals surface area contributed by atoms with Gasteiger partial charge in [0.2, 0.25) is 5.91 Å². The second kappa shape index (κ2) is 6.78. The van der Waals surface area contributed by atoms with E-state index in [0.717, 1.165) is 25.7 Å². The molecule has 2 saturated heterocycles. The van der Waals surface area contributed by atoms with Crippen molar-refractivity contribution in [3.05, 3.63) is 0 Å². The molecule has 7 heteroatoms. The standard InChI is InChI=1S/C14H23N3O4/c1-21-13(19)11-6-2-3-8-17(11)12(18)10-5-4-7-16(9-10)14(15)20/h10-11H,2-9H2,1H3,(H2,15,20). The third-order valence-electron chi connectivity index (χ3n) is 4.34. The number of urea groups is 1. The molecule has 2 atom stereocenters. The van der Waals surface area contributed by atoms with E-state index in [9.17, 15) is 14.4 Å². The van der Waals surface area contributed by atoms with Crippen LogP contribution in [0.1, 0.15) is 32.1 Å². The van der Waals surface area contributed by atoms with Crippen molar-refractivity contribution in [3.63, 3.8) is 0 Å². The first-order valence-corrected chi connectivity index (χ1v) is 7.47. The van der Waals surface area contributed by atoms with Crippen LogP contribution in [0, 0.1) is 5.92 Å². The van der Waals surface area contributed by atoms with Crippen LogP contribution in [-0.2, 0) is 14.3 Å². The number of ether oxygens (including phenoxy) is 1. The summed E-state index contributed by atoms with van der Waals surface area (Å²) in [6.45, 7) is 1.52. The number of nitrogens with zero attached hydrogens (tertiary/aromatic N) is 2. The second-order valence-electron chi connectivity index (χ2n) is 5.69. The number of nitrogens with two attached hydrogens (primary N) is 1. The van der Waals surface area contributed by atoms with Gasteiger partial charge in [-0.3, -0.25) is 4.79 Å². The Kier molecular flexibility index (Phi) is 5.03. The van der Waals surface area contributed by atoms with Crippen LogP contribution in [0.5, 0.6) is 0 Å². The Morgan fingerprint density at radius 2 is 1.86 bits per heavy atom. The van der Waals surface area contributed by atoms with E-state index in [2.05, 4.69) is 0 Å². The molecule has 0 aromatic rings. The summed E-state index contributed by atoms with van der Waals surface area (Å²) in [6, 6.07) is -0.976. The van der Waals surface area contributed by atoms with Crippen LogP contribution < -0.4 is 5.73 Å². The first-order valence-electron chi connectivity index (χ1n) is 7.47. The number of esters is 1. The number of primary amides is 1. The minimum Gasteiger partial charge on any atom is -0.467 e. The normalized spacial score (nSPS) is 26.3. The zero-order valence-corrected chi connectivity index (χ0v) is 12.4. The average Bonchev–Trinajstić information content (AvgIpc) is 2.53. The van der Waals surface area contributed by atoms with Crippen LogP contribution in [-0.4, -0.2) is 60.5 Å². The SMILES string of the molecule is COC(=O)C1CCCCN1C(=O)C1CCCN(C(N)=O)C1. The largest absolute Gasteiger partial charge is 0.467 e. The quantitative estimate of drug-likeness (QED) is 0.743. The molecule has 0 saturated carbocycles. The van der Waals surface area contributed by atoms with E-state index in [1.165, 1.54) is 12.0 Å². The van der Waals surface area contributed by atoms with Crippen LogP contribution in [0.4, 0.5) is 4.79 Å². The van der Waals surface area contributed by atoms with Crippen molar-refractivity contribution in [2.45, 2.75) is 38.1 Å². The molecule has 0 aromatic carbocycles. The lowest BCUT2D eigenvalue weighted by Gasteiger charge is -2.38. The van der Waals surface area contributed by atoms with E-state index in [1.54, 1.807) is 4.90 Å². The van der Waals surface area contributed by atoms with Gasteiger partial charge in [-0.2, -0.15) is 0 Å². The number of piperidine rings is 2. The lowest BCUT2D eigenvalue weighted by atomic mass is 9.93. The molecule has 7 nitrogen and oxygen atoms in total. The maximum absolute atomic E-state index is 12.7. The van der Waals surface area contributed by atoms with Crippen molar-refractivity contribution in [2.24, 2.45) is 11.7 Å². The fraction of sp³-hybridized carbons (Fsp3) is 0.786. The molecule has 2 aliphatic rings. The number of likely N-dealkylation sites (tertiary alicyclic amines) is 2. The molecule has 0 radical (unpaired) electrons. The zero-order valence-electron chi connectivity index (χ0n) is 12.4. The molecular weight excluding hydrogens is 274 g/mol. The minimum absolute atomic E-state index is 0.0592. The third kappa shape index (κ3) is 3.46. The summed E-state index contributed by atoms with van der Waals surface area (Å²) in [4.78, 5) is 38.9. The maximum Gasteiger partial charge on any atom is 0.328 e. The molecule has 0 spiro atoms. The number of carbonyl (C=O) groups excluding carboxylic acids is 3. The Balaban J connectivity index is 2.06. The molecule has 21 heavy (non-hydrogen) atoms. The van der Waals surface area contributed by atoms with Crippen LogP contribution in [0.25, 0.3) is 0 Å². The molecule has 0 aliphatic carbocycles. The van der Waals surface area contributed by atoms with Gasteiger partial charge in [0.25, 0.3) is 0 Å². The summed E-state index contributed by atoms with van der Waals surface area (Å²) in [5.41, 5.74) is 5.29. The summed E-state index contributed by atoms with van der Waals surface area (Å²) in [6.07, 6.45) is 3.95. The Morgan fingerprint density at radius 3 is 2.52 bits per heavy atom. The van der Waals surface area contributed by atoms with E-state index in [0.29, 0.717) is 26.1 Å². The van der Waals surface area contributed by atoms with E-state index in [1.807, 2.05) is 0 Å². The highest BCUT2D eigenvalue weighted by Gasteiger charge is 2.37.